The molecule has 0 fully saturated rings. The minimum Gasteiger partial charge on any atom is -0.358 e. The van der Waals surface area contributed by atoms with Gasteiger partial charge in [-0.25, -0.2) is 8.78 Å². The Kier molecular flexibility index (Phi) is 6.24. The first kappa shape index (κ1) is 16.2. The number of hydrogen-bond donors (Lipinski definition) is 1. The lowest BCUT2D eigenvalue weighted by Gasteiger charge is -2.20. The first-order chi connectivity index (χ1) is 9.49. The molecule has 0 heterocycles. The van der Waals surface area contributed by atoms with Crippen molar-refractivity contribution in [3.8, 4) is 0 Å². The van der Waals surface area contributed by atoms with Crippen LogP contribution in [0.5, 0.6) is 0 Å². The van der Waals surface area contributed by atoms with Crippen LogP contribution in [0, 0.1) is 11.6 Å². The number of carbonyl (C=O) groups is 2. The standard InChI is InChI=1S/C14H18F2N2O2/c1-3-7-18(9-13(20)17-2)8-12(19)14-10(15)5-4-6-11(14)16/h4-6H,3,7-9H2,1-2H3,(H,17,20). The van der Waals surface area contributed by atoms with Crippen molar-refractivity contribution >= 4 is 11.7 Å². The van der Waals surface area contributed by atoms with Crippen molar-refractivity contribution in [1.82, 2.24) is 10.2 Å². The minimum absolute atomic E-state index is 0.0200. The van der Waals surface area contributed by atoms with Crippen molar-refractivity contribution in [2.45, 2.75) is 13.3 Å². The highest BCUT2D eigenvalue weighted by Crippen LogP contribution is 2.13. The normalized spacial score (nSPS) is 10.7. The van der Waals surface area contributed by atoms with Gasteiger partial charge in [0.2, 0.25) is 5.91 Å². The van der Waals surface area contributed by atoms with E-state index in [9.17, 15) is 18.4 Å². The van der Waals surface area contributed by atoms with E-state index in [2.05, 4.69) is 5.32 Å². The average molecular weight is 284 g/mol. The molecule has 0 radical (unpaired) electrons. The molecule has 0 aromatic heterocycles. The largest absolute Gasteiger partial charge is 0.358 e. The topological polar surface area (TPSA) is 49.4 Å². The number of nitrogens with one attached hydrogen (secondary N) is 1. The second kappa shape index (κ2) is 7.69. The lowest BCUT2D eigenvalue weighted by molar-refractivity contribution is -0.121. The highest BCUT2D eigenvalue weighted by Gasteiger charge is 2.20. The summed E-state index contributed by atoms with van der Waals surface area (Å²) in [5.41, 5.74) is -0.550. The molecule has 0 saturated heterocycles. The zero-order chi connectivity index (χ0) is 15.1. The molecule has 1 N–H and O–H groups in total. The van der Waals surface area contributed by atoms with Crippen LogP contribution in [0.3, 0.4) is 0 Å². The van der Waals surface area contributed by atoms with Gasteiger partial charge < -0.3 is 5.32 Å². The zero-order valence-electron chi connectivity index (χ0n) is 11.6. The summed E-state index contributed by atoms with van der Waals surface area (Å²) in [5.74, 6) is -2.68. The molecule has 0 bridgehead atoms. The second-order valence-corrected chi connectivity index (χ2v) is 4.40. The molecule has 1 aromatic rings. The fraction of sp³-hybridized carbons (Fsp3) is 0.429. The summed E-state index contributed by atoms with van der Waals surface area (Å²) < 4.78 is 27.0. The Balaban J connectivity index is 2.82. The van der Waals surface area contributed by atoms with Crippen LogP contribution in [0.1, 0.15) is 23.7 Å². The Bertz CT molecular complexity index is 472. The molecule has 0 aliphatic rings. The highest BCUT2D eigenvalue weighted by atomic mass is 19.1. The van der Waals surface area contributed by atoms with Gasteiger partial charge in [-0.1, -0.05) is 13.0 Å². The predicted molar refractivity (Wildman–Crippen MR) is 71.5 cm³/mol. The zero-order valence-corrected chi connectivity index (χ0v) is 11.6. The number of Topliss-reactive ketones (excluding diaryl/α,β-unsaturated/α-hetero) is 1. The maximum atomic E-state index is 13.5. The fourth-order valence-electron chi connectivity index (χ4n) is 1.86. The smallest absolute Gasteiger partial charge is 0.233 e. The van der Waals surface area contributed by atoms with Gasteiger partial charge >= 0.3 is 0 Å². The number of halogens is 2. The maximum absolute atomic E-state index is 13.5. The number of carbonyl (C=O) groups excluding carboxylic acids is 2. The van der Waals surface area contributed by atoms with E-state index in [-0.39, 0.29) is 19.0 Å². The van der Waals surface area contributed by atoms with E-state index in [1.807, 2.05) is 6.92 Å². The van der Waals surface area contributed by atoms with Gasteiger partial charge in [0.15, 0.2) is 5.78 Å². The molecule has 0 spiro atoms. The molecule has 1 aromatic carbocycles. The first-order valence-electron chi connectivity index (χ1n) is 6.39. The summed E-state index contributed by atoms with van der Waals surface area (Å²) in [6, 6.07) is 3.29. The quantitative estimate of drug-likeness (QED) is 0.774. The Morgan fingerprint density at radius 3 is 2.30 bits per heavy atom. The molecule has 4 nitrogen and oxygen atoms in total. The Morgan fingerprint density at radius 1 is 1.20 bits per heavy atom. The molecule has 20 heavy (non-hydrogen) atoms. The minimum atomic E-state index is -0.883. The molecule has 0 aliphatic carbocycles. The molecule has 0 unspecified atom stereocenters. The van der Waals surface area contributed by atoms with Crippen LogP contribution in [-0.2, 0) is 4.79 Å². The summed E-state index contributed by atoms with van der Waals surface area (Å²) >= 11 is 0. The van der Waals surface area contributed by atoms with E-state index < -0.39 is 23.0 Å². The van der Waals surface area contributed by atoms with Crippen molar-refractivity contribution in [3.63, 3.8) is 0 Å². The number of hydrogen-bond acceptors (Lipinski definition) is 3. The van der Waals surface area contributed by atoms with Crippen molar-refractivity contribution in [2.24, 2.45) is 0 Å². The third-order valence-electron chi connectivity index (χ3n) is 2.79. The second-order valence-electron chi connectivity index (χ2n) is 4.40. The number of likely N-dealkylation sites (N-methyl/N-ethyl adjacent to an activating group) is 1. The van der Waals surface area contributed by atoms with E-state index in [4.69, 9.17) is 0 Å². The van der Waals surface area contributed by atoms with E-state index >= 15 is 0 Å². The van der Waals surface area contributed by atoms with Crippen molar-refractivity contribution in [1.29, 1.82) is 0 Å². The van der Waals surface area contributed by atoms with Gasteiger partial charge in [0.05, 0.1) is 18.7 Å². The molecule has 0 atom stereocenters. The SMILES string of the molecule is CCCN(CC(=O)NC)CC(=O)c1c(F)cccc1F. The monoisotopic (exact) mass is 284 g/mol. The molecule has 1 rings (SSSR count). The predicted octanol–water partition coefficient (Wildman–Crippen LogP) is 1.61. The molecule has 0 saturated carbocycles. The van der Waals surface area contributed by atoms with Gasteiger partial charge in [-0.3, -0.25) is 14.5 Å². The highest BCUT2D eigenvalue weighted by molar-refractivity contribution is 5.98. The van der Waals surface area contributed by atoms with Gasteiger partial charge in [-0.2, -0.15) is 0 Å². The summed E-state index contributed by atoms with van der Waals surface area (Å²) in [7, 11) is 1.49. The van der Waals surface area contributed by atoms with E-state index in [1.165, 1.54) is 13.1 Å². The molecule has 0 aliphatic heterocycles. The van der Waals surface area contributed by atoms with Gasteiger partial charge in [0.25, 0.3) is 0 Å². The van der Waals surface area contributed by atoms with Crippen LogP contribution in [0.2, 0.25) is 0 Å². The van der Waals surface area contributed by atoms with E-state index in [0.717, 1.165) is 18.6 Å². The van der Waals surface area contributed by atoms with Crippen LogP contribution >= 0.6 is 0 Å². The third kappa shape index (κ3) is 4.38. The lowest BCUT2D eigenvalue weighted by atomic mass is 10.1. The van der Waals surface area contributed by atoms with Crippen LogP contribution in [-0.4, -0.2) is 43.3 Å². The van der Waals surface area contributed by atoms with Gasteiger partial charge in [-0.15, -0.1) is 0 Å². The number of nitrogens with zero attached hydrogens (tertiary/aromatic N) is 1. The maximum Gasteiger partial charge on any atom is 0.233 e. The van der Waals surface area contributed by atoms with Crippen molar-refractivity contribution in [3.05, 3.63) is 35.4 Å². The van der Waals surface area contributed by atoms with Crippen molar-refractivity contribution in [2.75, 3.05) is 26.7 Å². The Labute approximate surface area is 116 Å². The van der Waals surface area contributed by atoms with Crippen LogP contribution in [0.25, 0.3) is 0 Å². The summed E-state index contributed by atoms with van der Waals surface area (Å²) in [6.07, 6.45) is 0.726. The molecular formula is C14H18F2N2O2. The van der Waals surface area contributed by atoms with Gasteiger partial charge in [-0.05, 0) is 25.1 Å². The van der Waals surface area contributed by atoms with Crippen LogP contribution < -0.4 is 5.32 Å². The summed E-state index contributed by atoms with van der Waals surface area (Å²) in [4.78, 5) is 24.9. The molecule has 1 amide bonds. The number of rotatable bonds is 7. The molecule has 6 heteroatoms. The van der Waals surface area contributed by atoms with Crippen LogP contribution in [0.15, 0.2) is 18.2 Å². The van der Waals surface area contributed by atoms with Crippen molar-refractivity contribution < 1.29 is 18.4 Å². The Hall–Kier alpha value is -1.82. The fourth-order valence-corrected chi connectivity index (χ4v) is 1.86. The summed E-state index contributed by atoms with van der Waals surface area (Å²) in [5, 5.41) is 2.45. The van der Waals surface area contributed by atoms with E-state index in [1.54, 1.807) is 4.90 Å². The molecule has 110 valence electrons. The third-order valence-corrected chi connectivity index (χ3v) is 2.79. The average Bonchev–Trinajstić information content (AvgIpc) is 2.38. The number of amides is 1. The van der Waals surface area contributed by atoms with E-state index in [0.29, 0.717) is 6.54 Å². The number of benzene rings is 1. The first-order valence-corrected chi connectivity index (χ1v) is 6.39. The van der Waals surface area contributed by atoms with Gasteiger partial charge in [0, 0.05) is 7.05 Å². The lowest BCUT2D eigenvalue weighted by Crippen LogP contribution is -2.39. The van der Waals surface area contributed by atoms with Crippen LogP contribution in [0.4, 0.5) is 8.78 Å². The Morgan fingerprint density at radius 2 is 1.80 bits per heavy atom. The van der Waals surface area contributed by atoms with Gasteiger partial charge in [0.1, 0.15) is 11.6 Å². The number of ketones is 1. The molecular weight excluding hydrogens is 266 g/mol. The summed E-state index contributed by atoms with van der Waals surface area (Å²) in [6.45, 7) is 2.21.